The molecule has 0 aromatic rings. The van der Waals surface area contributed by atoms with Gasteiger partial charge in [-0.3, -0.25) is 4.79 Å². The van der Waals surface area contributed by atoms with Gasteiger partial charge in [-0.15, -0.1) is 0 Å². The summed E-state index contributed by atoms with van der Waals surface area (Å²) in [5.74, 6) is 2.51. The molecule has 2 atom stereocenters. The third-order valence-electron chi connectivity index (χ3n) is 4.30. The van der Waals surface area contributed by atoms with Crippen LogP contribution < -0.4 is 10.6 Å². The molecule has 2 unspecified atom stereocenters. The van der Waals surface area contributed by atoms with Crippen LogP contribution in [0.1, 0.15) is 32.1 Å². The number of carbonyl (C=O) groups excluding carboxylic acids is 1. The van der Waals surface area contributed by atoms with Crippen LogP contribution in [0.2, 0.25) is 0 Å². The third kappa shape index (κ3) is 2.03. The van der Waals surface area contributed by atoms with Crippen molar-refractivity contribution >= 4 is 5.91 Å². The summed E-state index contributed by atoms with van der Waals surface area (Å²) >= 11 is 0. The van der Waals surface area contributed by atoms with Gasteiger partial charge in [0.05, 0.1) is 0 Å². The molecule has 3 aliphatic rings. The van der Waals surface area contributed by atoms with Crippen LogP contribution in [0.3, 0.4) is 0 Å². The first-order chi connectivity index (χ1) is 7.33. The van der Waals surface area contributed by atoms with Crippen LogP contribution in [0.4, 0.5) is 0 Å². The van der Waals surface area contributed by atoms with Crippen molar-refractivity contribution in [2.75, 3.05) is 13.1 Å². The van der Waals surface area contributed by atoms with Crippen molar-refractivity contribution in [3.63, 3.8) is 0 Å². The minimum atomic E-state index is 0.342. The Labute approximate surface area is 91.0 Å². The highest BCUT2D eigenvalue weighted by Gasteiger charge is 2.48. The normalized spacial score (nSPS) is 39.9. The molecule has 15 heavy (non-hydrogen) atoms. The molecule has 3 rings (SSSR count). The SMILES string of the molecule is O=C(NC1CCNCC1)C1CC2CC2C1. The van der Waals surface area contributed by atoms with Crippen LogP contribution in [0, 0.1) is 17.8 Å². The van der Waals surface area contributed by atoms with Crippen LogP contribution in [0.5, 0.6) is 0 Å². The Hall–Kier alpha value is -0.570. The van der Waals surface area contributed by atoms with E-state index < -0.39 is 0 Å². The third-order valence-corrected chi connectivity index (χ3v) is 4.30. The van der Waals surface area contributed by atoms with Gasteiger partial charge in [0.2, 0.25) is 5.91 Å². The smallest absolute Gasteiger partial charge is 0.223 e. The second kappa shape index (κ2) is 3.78. The van der Waals surface area contributed by atoms with Crippen molar-refractivity contribution < 1.29 is 4.79 Å². The lowest BCUT2D eigenvalue weighted by molar-refractivity contribution is -0.126. The molecule has 0 radical (unpaired) electrons. The van der Waals surface area contributed by atoms with E-state index in [0.717, 1.165) is 37.8 Å². The van der Waals surface area contributed by atoms with Gasteiger partial charge in [0.1, 0.15) is 0 Å². The second-order valence-electron chi connectivity index (χ2n) is 5.46. The fraction of sp³-hybridized carbons (Fsp3) is 0.917. The van der Waals surface area contributed by atoms with Crippen molar-refractivity contribution in [1.82, 2.24) is 10.6 Å². The molecule has 2 saturated carbocycles. The van der Waals surface area contributed by atoms with Crippen LogP contribution >= 0.6 is 0 Å². The second-order valence-corrected chi connectivity index (χ2v) is 5.46. The number of hydrogen-bond acceptors (Lipinski definition) is 2. The molecule has 0 bridgehead atoms. The van der Waals surface area contributed by atoms with Crippen LogP contribution in [0.15, 0.2) is 0 Å². The number of amides is 1. The maximum atomic E-state index is 11.9. The predicted molar refractivity (Wildman–Crippen MR) is 58.4 cm³/mol. The lowest BCUT2D eigenvalue weighted by atomic mass is 10.0. The molecule has 1 aliphatic heterocycles. The van der Waals surface area contributed by atoms with Crippen molar-refractivity contribution in [2.24, 2.45) is 17.8 Å². The first-order valence-corrected chi connectivity index (χ1v) is 6.34. The minimum Gasteiger partial charge on any atom is -0.353 e. The van der Waals surface area contributed by atoms with Gasteiger partial charge in [0.15, 0.2) is 0 Å². The summed E-state index contributed by atoms with van der Waals surface area (Å²) in [4.78, 5) is 11.9. The summed E-state index contributed by atoms with van der Waals surface area (Å²) in [6.07, 6.45) is 5.94. The lowest BCUT2D eigenvalue weighted by Gasteiger charge is -2.25. The van der Waals surface area contributed by atoms with Gasteiger partial charge in [0, 0.05) is 12.0 Å². The van der Waals surface area contributed by atoms with Gasteiger partial charge in [-0.1, -0.05) is 0 Å². The quantitative estimate of drug-likeness (QED) is 0.708. The Bertz CT molecular complexity index is 250. The van der Waals surface area contributed by atoms with Crippen molar-refractivity contribution in [3.8, 4) is 0 Å². The molecule has 1 heterocycles. The highest BCUT2D eigenvalue weighted by molar-refractivity contribution is 5.79. The first kappa shape index (κ1) is 9.64. The van der Waals surface area contributed by atoms with E-state index in [4.69, 9.17) is 0 Å². The lowest BCUT2D eigenvalue weighted by Crippen LogP contribution is -2.44. The number of rotatable bonds is 2. The molecule has 2 N–H and O–H groups in total. The van der Waals surface area contributed by atoms with E-state index >= 15 is 0 Å². The predicted octanol–water partition coefficient (Wildman–Crippen LogP) is 0.901. The van der Waals surface area contributed by atoms with Crippen molar-refractivity contribution in [2.45, 2.75) is 38.1 Å². The minimum absolute atomic E-state index is 0.342. The van der Waals surface area contributed by atoms with Gasteiger partial charge in [-0.05, 0) is 57.0 Å². The molecule has 3 fully saturated rings. The summed E-state index contributed by atoms with van der Waals surface area (Å²) < 4.78 is 0. The number of carbonyl (C=O) groups is 1. The van der Waals surface area contributed by atoms with E-state index in [-0.39, 0.29) is 0 Å². The van der Waals surface area contributed by atoms with E-state index in [0.29, 0.717) is 17.9 Å². The Balaban J connectivity index is 1.47. The molecule has 3 nitrogen and oxygen atoms in total. The average Bonchev–Trinajstić information content (AvgIpc) is 2.87. The Kier molecular flexibility index (Phi) is 2.43. The highest BCUT2D eigenvalue weighted by atomic mass is 16.1. The Morgan fingerprint density at radius 2 is 1.73 bits per heavy atom. The van der Waals surface area contributed by atoms with E-state index in [1.165, 1.54) is 19.3 Å². The summed E-state index contributed by atoms with van der Waals surface area (Å²) in [5, 5.41) is 6.54. The van der Waals surface area contributed by atoms with Crippen LogP contribution in [-0.4, -0.2) is 25.0 Å². The summed E-state index contributed by atoms with van der Waals surface area (Å²) in [6.45, 7) is 2.11. The van der Waals surface area contributed by atoms with Gasteiger partial charge in [0.25, 0.3) is 0 Å². The number of hydrogen-bond donors (Lipinski definition) is 2. The van der Waals surface area contributed by atoms with Gasteiger partial charge in [-0.25, -0.2) is 0 Å². The van der Waals surface area contributed by atoms with E-state index in [9.17, 15) is 4.79 Å². The topological polar surface area (TPSA) is 41.1 Å². The maximum absolute atomic E-state index is 11.9. The molecule has 1 saturated heterocycles. The monoisotopic (exact) mass is 208 g/mol. The standard InChI is InChI=1S/C12H20N2O/c15-12(10-6-8-5-9(8)7-10)14-11-1-3-13-4-2-11/h8-11,13H,1-7H2,(H,14,15). The number of nitrogens with one attached hydrogen (secondary N) is 2. The maximum Gasteiger partial charge on any atom is 0.223 e. The molecule has 84 valence electrons. The van der Waals surface area contributed by atoms with E-state index in [1.807, 2.05) is 0 Å². The van der Waals surface area contributed by atoms with E-state index in [1.54, 1.807) is 0 Å². The molecule has 2 aliphatic carbocycles. The van der Waals surface area contributed by atoms with E-state index in [2.05, 4.69) is 10.6 Å². The molecule has 0 aromatic carbocycles. The first-order valence-electron chi connectivity index (χ1n) is 6.34. The molecular formula is C12H20N2O. The Morgan fingerprint density at radius 1 is 1.07 bits per heavy atom. The largest absolute Gasteiger partial charge is 0.353 e. The van der Waals surface area contributed by atoms with Crippen LogP contribution in [-0.2, 0) is 4.79 Å². The highest BCUT2D eigenvalue weighted by Crippen LogP contribution is 2.54. The number of piperidine rings is 1. The zero-order valence-electron chi connectivity index (χ0n) is 9.17. The average molecular weight is 208 g/mol. The zero-order valence-corrected chi connectivity index (χ0v) is 9.17. The number of fused-ring (bicyclic) bond motifs is 1. The van der Waals surface area contributed by atoms with Gasteiger partial charge >= 0.3 is 0 Å². The summed E-state index contributed by atoms with van der Waals surface area (Å²) in [7, 11) is 0. The molecule has 1 amide bonds. The Morgan fingerprint density at radius 3 is 2.40 bits per heavy atom. The van der Waals surface area contributed by atoms with Crippen LogP contribution in [0.25, 0.3) is 0 Å². The van der Waals surface area contributed by atoms with Gasteiger partial charge < -0.3 is 10.6 Å². The summed E-state index contributed by atoms with van der Waals surface area (Å²) in [5.41, 5.74) is 0. The molecular weight excluding hydrogens is 188 g/mol. The summed E-state index contributed by atoms with van der Waals surface area (Å²) in [6, 6.07) is 0.440. The fourth-order valence-corrected chi connectivity index (χ4v) is 3.21. The molecule has 0 aromatic heterocycles. The molecule has 0 spiro atoms. The van der Waals surface area contributed by atoms with Crippen molar-refractivity contribution in [1.29, 1.82) is 0 Å². The molecule has 3 heteroatoms. The fourth-order valence-electron chi connectivity index (χ4n) is 3.21. The zero-order chi connectivity index (χ0) is 10.3. The van der Waals surface area contributed by atoms with Gasteiger partial charge in [-0.2, -0.15) is 0 Å². The van der Waals surface area contributed by atoms with Crippen molar-refractivity contribution in [3.05, 3.63) is 0 Å².